The van der Waals surface area contributed by atoms with Gasteiger partial charge in [-0.25, -0.2) is 0 Å². The Labute approximate surface area is 119 Å². The van der Waals surface area contributed by atoms with Gasteiger partial charge in [-0.15, -0.1) is 0 Å². The molecule has 0 unspecified atom stereocenters. The van der Waals surface area contributed by atoms with Crippen molar-refractivity contribution in [3.05, 3.63) is 28.8 Å². The molecule has 0 spiro atoms. The smallest absolute Gasteiger partial charge is 0.0702 e. The van der Waals surface area contributed by atoms with Crippen LogP contribution < -0.4 is 4.90 Å². The van der Waals surface area contributed by atoms with Crippen LogP contribution in [0.4, 0.5) is 5.69 Å². The zero-order valence-electron chi connectivity index (χ0n) is 11.1. The molecule has 0 atom stereocenters. The first-order chi connectivity index (χ1) is 9.26. The average molecular weight is 285 g/mol. The monoisotopic (exact) mass is 284 g/mol. The molecule has 0 aromatic heterocycles. The first-order valence-corrected chi connectivity index (χ1v) is 7.10. The highest BCUT2D eigenvalue weighted by atomic mass is 35.5. The summed E-state index contributed by atoms with van der Waals surface area (Å²) in [6.07, 6.45) is 1.04. The Bertz CT molecular complexity index is 414. The van der Waals surface area contributed by atoms with E-state index in [4.69, 9.17) is 16.7 Å². The molecular formula is C14H21ClN2O2. The number of para-hydroxylation sites is 1. The third-order valence-corrected chi connectivity index (χ3v) is 3.87. The van der Waals surface area contributed by atoms with Crippen LogP contribution in [0.3, 0.4) is 0 Å². The number of benzene rings is 1. The van der Waals surface area contributed by atoms with Crippen molar-refractivity contribution in [3.63, 3.8) is 0 Å². The van der Waals surface area contributed by atoms with Crippen molar-refractivity contribution in [2.45, 2.75) is 13.0 Å². The number of hydrogen-bond donors (Lipinski definition) is 2. The Morgan fingerprint density at radius 2 is 1.95 bits per heavy atom. The van der Waals surface area contributed by atoms with E-state index in [-0.39, 0.29) is 13.2 Å². The molecular weight excluding hydrogens is 264 g/mol. The third-order valence-electron chi connectivity index (χ3n) is 3.56. The van der Waals surface area contributed by atoms with Crippen molar-refractivity contribution in [3.8, 4) is 0 Å². The first-order valence-electron chi connectivity index (χ1n) is 6.72. The highest BCUT2D eigenvalue weighted by molar-refractivity contribution is 6.33. The van der Waals surface area contributed by atoms with Crippen molar-refractivity contribution in [2.75, 3.05) is 44.2 Å². The van der Waals surface area contributed by atoms with Gasteiger partial charge in [-0.1, -0.05) is 23.7 Å². The second kappa shape index (κ2) is 7.10. The van der Waals surface area contributed by atoms with Crippen LogP contribution in [0.25, 0.3) is 0 Å². The van der Waals surface area contributed by atoms with Crippen LogP contribution in [0.2, 0.25) is 5.02 Å². The first kappa shape index (κ1) is 14.6. The normalized spacial score (nSPS) is 17.5. The van der Waals surface area contributed by atoms with Crippen LogP contribution in [0.1, 0.15) is 12.0 Å². The summed E-state index contributed by atoms with van der Waals surface area (Å²) in [7, 11) is 0. The van der Waals surface area contributed by atoms with Gasteiger partial charge in [0.05, 0.1) is 23.9 Å². The van der Waals surface area contributed by atoms with Crippen molar-refractivity contribution >= 4 is 17.3 Å². The molecule has 0 amide bonds. The molecule has 1 fully saturated rings. The number of anilines is 1. The minimum Gasteiger partial charge on any atom is -0.395 e. The van der Waals surface area contributed by atoms with Gasteiger partial charge in [0.15, 0.2) is 0 Å². The van der Waals surface area contributed by atoms with Gasteiger partial charge in [-0.3, -0.25) is 4.90 Å². The van der Waals surface area contributed by atoms with Crippen molar-refractivity contribution < 1.29 is 10.2 Å². The summed E-state index contributed by atoms with van der Waals surface area (Å²) in [4.78, 5) is 4.50. The fourth-order valence-corrected chi connectivity index (χ4v) is 2.91. The van der Waals surface area contributed by atoms with Crippen molar-refractivity contribution in [1.29, 1.82) is 0 Å². The van der Waals surface area contributed by atoms with E-state index < -0.39 is 0 Å². The third kappa shape index (κ3) is 3.60. The summed E-state index contributed by atoms with van der Waals surface area (Å²) in [6, 6.07) is 5.65. The summed E-state index contributed by atoms with van der Waals surface area (Å²) in [5, 5.41) is 19.2. The Kier molecular flexibility index (Phi) is 5.45. The lowest BCUT2D eigenvalue weighted by atomic mass is 10.1. The lowest BCUT2D eigenvalue weighted by Crippen LogP contribution is -2.32. The van der Waals surface area contributed by atoms with E-state index in [0.29, 0.717) is 5.02 Å². The highest BCUT2D eigenvalue weighted by Gasteiger charge is 2.18. The van der Waals surface area contributed by atoms with Gasteiger partial charge in [-0.05, 0) is 19.0 Å². The second-order valence-electron chi connectivity index (χ2n) is 4.81. The van der Waals surface area contributed by atoms with E-state index in [0.717, 1.165) is 50.4 Å². The Morgan fingerprint density at radius 1 is 1.11 bits per heavy atom. The fourth-order valence-electron chi connectivity index (χ4n) is 2.60. The maximum atomic E-state index is 9.45. The molecule has 1 aromatic rings. The van der Waals surface area contributed by atoms with Crippen LogP contribution in [0.15, 0.2) is 18.2 Å². The standard InChI is InChI=1S/C14H21ClN2O2/c15-13-4-1-3-12(11-19)14(13)17-6-2-5-16(7-8-17)9-10-18/h1,3-4,18-19H,2,5-11H2. The molecule has 1 aromatic carbocycles. The molecule has 0 aliphatic carbocycles. The Balaban J connectivity index is 2.14. The molecule has 2 rings (SSSR count). The van der Waals surface area contributed by atoms with Gasteiger partial charge < -0.3 is 15.1 Å². The van der Waals surface area contributed by atoms with Gasteiger partial charge in [0.25, 0.3) is 0 Å². The van der Waals surface area contributed by atoms with Crippen LogP contribution in [0.5, 0.6) is 0 Å². The highest BCUT2D eigenvalue weighted by Crippen LogP contribution is 2.30. The Morgan fingerprint density at radius 3 is 2.68 bits per heavy atom. The molecule has 0 bridgehead atoms. The van der Waals surface area contributed by atoms with Crippen LogP contribution in [-0.2, 0) is 6.61 Å². The number of nitrogens with zero attached hydrogens (tertiary/aromatic N) is 2. The minimum atomic E-state index is 0.00669. The lowest BCUT2D eigenvalue weighted by Gasteiger charge is -2.26. The SMILES string of the molecule is OCCN1CCCN(c2c(Cl)cccc2CO)CC1. The van der Waals surface area contributed by atoms with E-state index in [9.17, 15) is 5.11 Å². The molecule has 4 nitrogen and oxygen atoms in total. The molecule has 1 heterocycles. The number of hydrogen-bond acceptors (Lipinski definition) is 4. The molecule has 1 aliphatic rings. The summed E-state index contributed by atoms with van der Waals surface area (Å²) < 4.78 is 0. The van der Waals surface area contributed by atoms with Crippen LogP contribution in [0, 0.1) is 0 Å². The van der Waals surface area contributed by atoms with Gasteiger partial charge >= 0.3 is 0 Å². The van der Waals surface area contributed by atoms with Crippen molar-refractivity contribution in [2.24, 2.45) is 0 Å². The number of halogens is 1. The fraction of sp³-hybridized carbons (Fsp3) is 0.571. The Hall–Kier alpha value is -0.810. The summed E-state index contributed by atoms with van der Waals surface area (Å²) in [6.45, 7) is 4.64. The van der Waals surface area contributed by atoms with Crippen LogP contribution >= 0.6 is 11.6 Å². The largest absolute Gasteiger partial charge is 0.395 e. The summed E-state index contributed by atoms with van der Waals surface area (Å²) in [5.74, 6) is 0. The van der Waals surface area contributed by atoms with E-state index in [2.05, 4.69) is 9.80 Å². The molecule has 0 radical (unpaired) electrons. The van der Waals surface area contributed by atoms with E-state index >= 15 is 0 Å². The molecule has 2 N–H and O–H groups in total. The quantitative estimate of drug-likeness (QED) is 0.876. The predicted octanol–water partition coefficient (Wildman–Crippen LogP) is 1.34. The van der Waals surface area contributed by atoms with Gasteiger partial charge in [0.2, 0.25) is 0 Å². The average Bonchev–Trinajstić information content (AvgIpc) is 2.64. The second-order valence-corrected chi connectivity index (χ2v) is 5.22. The van der Waals surface area contributed by atoms with E-state index in [1.807, 2.05) is 18.2 Å². The lowest BCUT2D eigenvalue weighted by molar-refractivity contribution is 0.204. The van der Waals surface area contributed by atoms with Crippen molar-refractivity contribution in [1.82, 2.24) is 4.90 Å². The topological polar surface area (TPSA) is 46.9 Å². The van der Waals surface area contributed by atoms with E-state index in [1.165, 1.54) is 0 Å². The number of aliphatic hydroxyl groups is 2. The maximum absolute atomic E-state index is 9.45. The van der Waals surface area contributed by atoms with Crippen LogP contribution in [-0.4, -0.2) is 54.4 Å². The zero-order valence-corrected chi connectivity index (χ0v) is 11.8. The maximum Gasteiger partial charge on any atom is 0.0702 e. The van der Waals surface area contributed by atoms with Gasteiger partial charge in [-0.2, -0.15) is 0 Å². The number of aliphatic hydroxyl groups excluding tert-OH is 2. The van der Waals surface area contributed by atoms with Gasteiger partial charge in [0.1, 0.15) is 0 Å². The zero-order chi connectivity index (χ0) is 13.7. The predicted molar refractivity (Wildman–Crippen MR) is 77.7 cm³/mol. The molecule has 106 valence electrons. The van der Waals surface area contributed by atoms with Gasteiger partial charge in [0, 0.05) is 31.7 Å². The molecule has 19 heavy (non-hydrogen) atoms. The number of rotatable bonds is 4. The number of β-amino-alcohol motifs (C(OH)–C–C–N with tert-alkyl or cyclic N) is 1. The summed E-state index contributed by atoms with van der Waals surface area (Å²) >= 11 is 6.29. The molecule has 1 saturated heterocycles. The molecule has 5 heteroatoms. The summed E-state index contributed by atoms with van der Waals surface area (Å²) in [5.41, 5.74) is 1.83. The molecule has 1 aliphatic heterocycles. The molecule has 0 saturated carbocycles. The minimum absolute atomic E-state index is 0.00669. The van der Waals surface area contributed by atoms with E-state index in [1.54, 1.807) is 0 Å².